The minimum Gasteiger partial charge on any atom is -0.504 e. The molecule has 0 spiro atoms. The molecular formula is C8H5N3O5S. The van der Waals surface area contributed by atoms with Gasteiger partial charge in [0.1, 0.15) is 5.70 Å². The van der Waals surface area contributed by atoms with Crippen LogP contribution in [0.1, 0.15) is 5.56 Å². The van der Waals surface area contributed by atoms with Crippen LogP contribution in [0.15, 0.2) is 27.2 Å². The van der Waals surface area contributed by atoms with E-state index in [0.717, 1.165) is 12.1 Å². The Morgan fingerprint density at radius 3 is 2.59 bits per heavy atom. The molecule has 17 heavy (non-hydrogen) atoms. The van der Waals surface area contributed by atoms with E-state index in [1.54, 1.807) is 0 Å². The molecule has 1 heterocycles. The highest BCUT2D eigenvalue weighted by molar-refractivity contribution is 7.86. The topological polar surface area (TPSA) is 125 Å². The van der Waals surface area contributed by atoms with E-state index in [4.69, 9.17) is 0 Å². The fourth-order valence-corrected chi connectivity index (χ4v) is 1.83. The van der Waals surface area contributed by atoms with Crippen molar-refractivity contribution in [3.8, 4) is 11.5 Å². The summed E-state index contributed by atoms with van der Waals surface area (Å²) in [4.78, 5) is 9.76. The van der Waals surface area contributed by atoms with E-state index < -0.39 is 33.1 Å². The highest BCUT2D eigenvalue weighted by atomic mass is 32.2. The summed E-state index contributed by atoms with van der Waals surface area (Å²) in [5.74, 6) is -1.47. The molecule has 1 aromatic carbocycles. The Labute approximate surface area is 96.7 Å². The molecule has 2 rings (SSSR count). The molecule has 0 amide bonds. The fourth-order valence-electron chi connectivity index (χ4n) is 1.24. The number of nitro groups is 1. The number of nitrogens with zero attached hydrogens (tertiary/aromatic N) is 3. The first-order valence-corrected chi connectivity index (χ1v) is 5.41. The summed E-state index contributed by atoms with van der Waals surface area (Å²) >= 11 is 0. The first-order valence-electron chi connectivity index (χ1n) is 4.24. The summed E-state index contributed by atoms with van der Waals surface area (Å²) in [6.07, 6.45) is 0. The van der Waals surface area contributed by atoms with Crippen LogP contribution in [0.25, 0.3) is 5.70 Å². The molecule has 0 radical (unpaired) electrons. The number of hydrogen-bond acceptors (Lipinski definition) is 6. The molecule has 0 saturated carbocycles. The average molecular weight is 255 g/mol. The third-order valence-electron chi connectivity index (χ3n) is 2.00. The maximum atomic E-state index is 10.9. The lowest BCUT2D eigenvalue weighted by molar-refractivity contribution is -0.386. The lowest BCUT2D eigenvalue weighted by atomic mass is 10.1. The zero-order valence-electron chi connectivity index (χ0n) is 8.10. The van der Waals surface area contributed by atoms with Gasteiger partial charge in [-0.05, 0) is 6.07 Å². The van der Waals surface area contributed by atoms with Gasteiger partial charge in [0.25, 0.3) is 0 Å². The zero-order valence-corrected chi connectivity index (χ0v) is 8.92. The van der Waals surface area contributed by atoms with Gasteiger partial charge in [-0.25, -0.2) is 4.21 Å². The van der Waals surface area contributed by atoms with Gasteiger partial charge in [0.15, 0.2) is 16.7 Å². The molecule has 0 aromatic heterocycles. The van der Waals surface area contributed by atoms with Crippen LogP contribution in [0.2, 0.25) is 0 Å². The number of nitro benzene ring substituents is 1. The van der Waals surface area contributed by atoms with Crippen molar-refractivity contribution < 1.29 is 19.3 Å². The molecule has 0 saturated heterocycles. The van der Waals surface area contributed by atoms with Gasteiger partial charge >= 0.3 is 5.69 Å². The molecule has 88 valence electrons. The van der Waals surface area contributed by atoms with Crippen LogP contribution in [0.5, 0.6) is 11.5 Å². The standard InChI is InChI=1S/C8H5N3O5S/c12-7-2-4(5-3-17(16)10-9-5)1-6(8(7)13)11(14)15/h1-3,12-13H. The molecule has 1 aliphatic rings. The minimum atomic E-state index is -1.60. The zero-order chi connectivity index (χ0) is 12.6. The fraction of sp³-hybridized carbons (Fsp3) is 0. The maximum Gasteiger partial charge on any atom is 0.315 e. The molecule has 1 aliphatic heterocycles. The molecule has 1 unspecified atom stereocenters. The van der Waals surface area contributed by atoms with E-state index in [1.807, 2.05) is 0 Å². The van der Waals surface area contributed by atoms with Crippen molar-refractivity contribution in [3.05, 3.63) is 33.2 Å². The molecule has 9 heteroatoms. The second-order valence-electron chi connectivity index (χ2n) is 3.08. The third-order valence-corrected chi connectivity index (χ3v) is 2.67. The SMILES string of the molecule is O=[N+]([O-])c1cc(C2=CS(=O)N=N2)cc(O)c1O. The summed E-state index contributed by atoms with van der Waals surface area (Å²) < 4.78 is 14.2. The Hall–Kier alpha value is -2.29. The van der Waals surface area contributed by atoms with E-state index >= 15 is 0 Å². The number of phenols is 2. The Balaban J connectivity index is 2.58. The lowest BCUT2D eigenvalue weighted by Gasteiger charge is -2.02. The van der Waals surface area contributed by atoms with Crippen LogP contribution >= 0.6 is 0 Å². The van der Waals surface area contributed by atoms with Gasteiger partial charge in [-0.1, -0.05) is 4.52 Å². The van der Waals surface area contributed by atoms with Gasteiger partial charge in [-0.3, -0.25) is 10.1 Å². The van der Waals surface area contributed by atoms with Crippen molar-refractivity contribution in [2.45, 2.75) is 0 Å². The predicted octanol–water partition coefficient (Wildman–Crippen LogP) is 1.43. The largest absolute Gasteiger partial charge is 0.504 e. The van der Waals surface area contributed by atoms with Crippen LogP contribution in [-0.4, -0.2) is 19.3 Å². The molecular weight excluding hydrogens is 250 g/mol. The van der Waals surface area contributed by atoms with Gasteiger partial charge in [0, 0.05) is 11.6 Å². The van der Waals surface area contributed by atoms with Crippen LogP contribution < -0.4 is 0 Å². The van der Waals surface area contributed by atoms with Crippen LogP contribution in [0, 0.1) is 10.1 Å². The van der Waals surface area contributed by atoms with Crippen molar-refractivity contribution in [2.75, 3.05) is 0 Å². The van der Waals surface area contributed by atoms with Crippen molar-refractivity contribution in [1.29, 1.82) is 0 Å². The second kappa shape index (κ2) is 3.94. The average Bonchev–Trinajstić information content (AvgIpc) is 2.68. The molecule has 0 bridgehead atoms. The molecule has 0 aliphatic carbocycles. The highest BCUT2D eigenvalue weighted by Gasteiger charge is 2.21. The predicted molar refractivity (Wildman–Crippen MR) is 57.4 cm³/mol. The molecule has 0 fully saturated rings. The number of aromatic hydroxyl groups is 2. The van der Waals surface area contributed by atoms with E-state index in [2.05, 4.69) is 9.63 Å². The van der Waals surface area contributed by atoms with Gasteiger partial charge < -0.3 is 10.2 Å². The summed E-state index contributed by atoms with van der Waals surface area (Å²) in [7, 11) is -1.60. The van der Waals surface area contributed by atoms with Crippen molar-refractivity contribution in [2.24, 2.45) is 9.63 Å². The highest BCUT2D eigenvalue weighted by Crippen LogP contribution is 2.38. The van der Waals surface area contributed by atoms with E-state index in [-0.39, 0.29) is 11.3 Å². The Kier molecular flexibility index (Phi) is 2.60. The molecule has 1 atom stereocenters. The number of hydrogen-bond donors (Lipinski definition) is 2. The van der Waals surface area contributed by atoms with Crippen LogP contribution in [0.3, 0.4) is 0 Å². The maximum absolute atomic E-state index is 10.9. The Morgan fingerprint density at radius 2 is 2.06 bits per heavy atom. The van der Waals surface area contributed by atoms with Gasteiger partial charge in [-0.2, -0.15) is 0 Å². The van der Waals surface area contributed by atoms with E-state index in [1.165, 1.54) is 5.41 Å². The van der Waals surface area contributed by atoms with Gasteiger partial charge in [0.2, 0.25) is 5.75 Å². The minimum absolute atomic E-state index is 0.140. The Bertz CT molecular complexity index is 595. The van der Waals surface area contributed by atoms with E-state index in [9.17, 15) is 24.5 Å². The normalized spacial score (nSPS) is 18.1. The van der Waals surface area contributed by atoms with Crippen LogP contribution in [-0.2, 0) is 11.0 Å². The summed E-state index contributed by atoms with van der Waals surface area (Å²) in [5.41, 5.74) is -0.364. The molecule has 1 aromatic rings. The summed E-state index contributed by atoms with van der Waals surface area (Å²) in [6, 6.07) is 2.10. The third kappa shape index (κ3) is 1.99. The van der Waals surface area contributed by atoms with Crippen molar-refractivity contribution in [1.82, 2.24) is 0 Å². The smallest absolute Gasteiger partial charge is 0.315 e. The first kappa shape index (κ1) is 11.2. The second-order valence-corrected chi connectivity index (χ2v) is 4.03. The molecule has 2 N–H and O–H groups in total. The van der Waals surface area contributed by atoms with Crippen molar-refractivity contribution in [3.63, 3.8) is 0 Å². The summed E-state index contributed by atoms with van der Waals surface area (Å²) in [6.45, 7) is 0. The number of rotatable bonds is 2. The van der Waals surface area contributed by atoms with Crippen molar-refractivity contribution >= 4 is 22.4 Å². The summed E-state index contributed by atoms with van der Waals surface area (Å²) in [5, 5.41) is 33.9. The monoisotopic (exact) mass is 255 g/mol. The number of benzene rings is 1. The quantitative estimate of drug-likeness (QED) is 0.469. The number of phenolic OH excluding ortho intramolecular Hbond substituents is 2. The molecule has 8 nitrogen and oxygen atoms in total. The van der Waals surface area contributed by atoms with E-state index in [0.29, 0.717) is 0 Å². The lowest BCUT2D eigenvalue weighted by Crippen LogP contribution is -1.91. The first-order chi connectivity index (χ1) is 7.99. The van der Waals surface area contributed by atoms with Gasteiger partial charge in [-0.15, -0.1) is 5.11 Å². The Morgan fingerprint density at radius 1 is 1.35 bits per heavy atom. The van der Waals surface area contributed by atoms with Gasteiger partial charge in [0.05, 0.1) is 10.3 Å². The van der Waals surface area contributed by atoms with Crippen LogP contribution in [0.4, 0.5) is 5.69 Å².